The van der Waals surface area contributed by atoms with Gasteiger partial charge in [-0.25, -0.2) is 19.9 Å². The predicted molar refractivity (Wildman–Crippen MR) is 301 cm³/mol. The van der Waals surface area contributed by atoms with Crippen LogP contribution in [0.4, 0.5) is 0 Å². The van der Waals surface area contributed by atoms with E-state index in [1.807, 2.05) is 48.5 Å². The fourth-order valence-electron chi connectivity index (χ4n) is 10.2. The Bertz CT molecular complexity index is 4160. The average molecular weight is 947 g/mol. The van der Waals surface area contributed by atoms with Crippen molar-refractivity contribution in [1.82, 2.24) is 19.9 Å². The zero-order valence-corrected chi connectivity index (χ0v) is 39.9. The molecule has 0 aliphatic rings. The smallest absolute Gasteiger partial charge is 0.180 e. The van der Waals surface area contributed by atoms with Crippen LogP contribution in [0.2, 0.25) is 0 Å². The van der Waals surface area contributed by atoms with Gasteiger partial charge in [-0.2, -0.15) is 0 Å². The Balaban J connectivity index is 0.807. The zero-order valence-electron chi connectivity index (χ0n) is 39.9. The Hall–Kier alpha value is -10.0. The molecule has 0 N–H and O–H groups in total. The summed E-state index contributed by atoms with van der Waals surface area (Å²) in [5.74, 6) is 1.27. The van der Waals surface area contributed by atoms with Crippen molar-refractivity contribution in [1.29, 1.82) is 0 Å². The van der Waals surface area contributed by atoms with Gasteiger partial charge in [-0.05, 0) is 116 Å². The monoisotopic (exact) mass is 946 g/mol. The zero-order chi connectivity index (χ0) is 49.0. The summed E-state index contributed by atoms with van der Waals surface area (Å²) in [5, 5.41) is 1.91. The fourth-order valence-corrected chi connectivity index (χ4v) is 10.2. The number of hydrogen-bond donors (Lipinski definition) is 0. The number of para-hydroxylation sites is 2. The van der Waals surface area contributed by atoms with Crippen LogP contribution in [-0.4, -0.2) is 19.9 Å². The molecule has 4 heterocycles. The Morgan fingerprint density at radius 3 is 0.865 bits per heavy atom. The van der Waals surface area contributed by atoms with Crippen molar-refractivity contribution in [3.05, 3.63) is 255 Å². The first-order valence-electron chi connectivity index (χ1n) is 24.8. The van der Waals surface area contributed by atoms with E-state index in [0.717, 1.165) is 122 Å². The van der Waals surface area contributed by atoms with E-state index in [1.165, 1.54) is 0 Å². The lowest BCUT2D eigenvalue weighted by Gasteiger charge is -2.11. The highest BCUT2D eigenvalue weighted by Crippen LogP contribution is 2.40. The van der Waals surface area contributed by atoms with E-state index in [9.17, 15) is 0 Å². The third-order valence-corrected chi connectivity index (χ3v) is 13.9. The number of benzene rings is 10. The van der Waals surface area contributed by atoms with E-state index in [2.05, 4.69) is 206 Å². The summed E-state index contributed by atoms with van der Waals surface area (Å²) in [6.07, 6.45) is 0. The molecule has 0 fully saturated rings. The van der Waals surface area contributed by atoms with Gasteiger partial charge < -0.3 is 8.83 Å². The summed E-state index contributed by atoms with van der Waals surface area (Å²) in [6, 6.07) is 88.4. The van der Waals surface area contributed by atoms with Crippen molar-refractivity contribution in [2.75, 3.05) is 0 Å². The van der Waals surface area contributed by atoms with Gasteiger partial charge in [0.05, 0.1) is 0 Å². The summed E-state index contributed by atoms with van der Waals surface area (Å²) < 4.78 is 13.0. The van der Waals surface area contributed by atoms with E-state index in [4.69, 9.17) is 28.8 Å². The lowest BCUT2D eigenvalue weighted by Crippen LogP contribution is -1.95. The molecule has 0 unspecified atom stereocenters. The molecule has 0 aliphatic carbocycles. The summed E-state index contributed by atoms with van der Waals surface area (Å²) in [4.78, 5) is 20.9. The minimum atomic E-state index is 0.633. The van der Waals surface area contributed by atoms with Crippen molar-refractivity contribution >= 4 is 44.1 Å². The van der Waals surface area contributed by atoms with Gasteiger partial charge in [0, 0.05) is 33.0 Å². The molecule has 0 saturated carbocycles. The van der Waals surface area contributed by atoms with Gasteiger partial charge in [-0.3, -0.25) is 0 Å². The van der Waals surface area contributed by atoms with Crippen LogP contribution in [0.15, 0.2) is 264 Å². The van der Waals surface area contributed by atoms with Crippen LogP contribution in [0.25, 0.3) is 145 Å². The minimum absolute atomic E-state index is 0.633. The van der Waals surface area contributed by atoms with Gasteiger partial charge in [0.15, 0.2) is 22.8 Å². The maximum Gasteiger partial charge on any atom is 0.180 e. The first-order valence-corrected chi connectivity index (χ1v) is 24.8. The molecule has 4 aromatic heterocycles. The van der Waals surface area contributed by atoms with Crippen LogP contribution >= 0.6 is 0 Å². The molecule has 0 aliphatic heterocycles. The van der Waals surface area contributed by atoms with Crippen molar-refractivity contribution in [3.63, 3.8) is 0 Å². The number of furan rings is 2. The maximum absolute atomic E-state index is 6.51. The van der Waals surface area contributed by atoms with E-state index >= 15 is 0 Å². The first-order chi connectivity index (χ1) is 36.6. The van der Waals surface area contributed by atoms with E-state index in [1.54, 1.807) is 0 Å². The van der Waals surface area contributed by atoms with Crippen LogP contribution in [0.3, 0.4) is 0 Å². The third-order valence-electron chi connectivity index (χ3n) is 13.9. The Kier molecular flexibility index (Phi) is 10.4. The van der Waals surface area contributed by atoms with Crippen molar-refractivity contribution < 1.29 is 8.83 Å². The summed E-state index contributed by atoms with van der Waals surface area (Å²) in [7, 11) is 0. The number of aromatic nitrogens is 4. The van der Waals surface area contributed by atoms with Gasteiger partial charge in [0.2, 0.25) is 0 Å². The SMILES string of the molecule is c1ccc(-c2cccc(-c3nc(-c4cccc(-c5cccc(-c6cccc(-c7cccc(-c8nc(-c9cccc(-c%10ccccc%10)c9)c9oc%10ccccc%10c9n8)c7)c6)c5)c4)nc4c3oc3ccccc34)c2)cc1. The molecule has 0 spiro atoms. The topological polar surface area (TPSA) is 77.8 Å². The molecule has 0 saturated heterocycles. The lowest BCUT2D eigenvalue weighted by molar-refractivity contribution is 0.667. The van der Waals surface area contributed by atoms with Gasteiger partial charge >= 0.3 is 0 Å². The van der Waals surface area contributed by atoms with Crippen LogP contribution in [0.5, 0.6) is 0 Å². The third kappa shape index (κ3) is 7.79. The highest BCUT2D eigenvalue weighted by Gasteiger charge is 2.21. The second kappa shape index (κ2) is 18.0. The van der Waals surface area contributed by atoms with E-state index < -0.39 is 0 Å². The normalized spacial score (nSPS) is 11.5. The Morgan fingerprint density at radius 1 is 0.216 bits per heavy atom. The predicted octanol–water partition coefficient (Wildman–Crippen LogP) is 18.1. The molecule has 0 radical (unpaired) electrons. The molecule has 0 bridgehead atoms. The molecule has 74 heavy (non-hydrogen) atoms. The molecular weight excluding hydrogens is 905 g/mol. The fraction of sp³-hybridized carbons (Fsp3) is 0. The second-order valence-corrected chi connectivity index (χ2v) is 18.6. The quantitative estimate of drug-likeness (QED) is 0.143. The standard InChI is InChI=1S/C68H42N4O2/c1-3-17-43(18-4-1)45-21-13-29-53(39-45)61-65-63(57-33-7-9-35-59(57)73-65)71-67(69-61)55-31-15-27-51(41-55)49-25-11-23-47(37-49)48-24-12-26-50(38-48)52-28-16-32-56(42-52)68-70-62(66-64(72-68)58-34-8-10-36-60(58)74-66)54-30-14-22-46(40-54)44-19-5-2-6-20-44/h1-42H. The van der Waals surface area contributed by atoms with Crippen LogP contribution in [0.1, 0.15) is 0 Å². The highest BCUT2D eigenvalue weighted by atomic mass is 16.3. The van der Waals surface area contributed by atoms with Crippen LogP contribution in [-0.2, 0) is 0 Å². The Labute approximate surface area is 426 Å². The number of nitrogens with zero attached hydrogens (tertiary/aromatic N) is 4. The molecule has 14 rings (SSSR count). The van der Waals surface area contributed by atoms with E-state index in [0.29, 0.717) is 22.8 Å². The van der Waals surface area contributed by atoms with Crippen LogP contribution in [0, 0.1) is 0 Å². The molecule has 14 aromatic rings. The van der Waals surface area contributed by atoms with Crippen LogP contribution < -0.4 is 0 Å². The highest BCUT2D eigenvalue weighted by molar-refractivity contribution is 6.08. The lowest BCUT2D eigenvalue weighted by atomic mass is 9.95. The average Bonchev–Trinajstić information content (AvgIpc) is 4.07. The molecule has 346 valence electrons. The van der Waals surface area contributed by atoms with Gasteiger partial charge in [0.25, 0.3) is 0 Å². The maximum atomic E-state index is 6.51. The van der Waals surface area contributed by atoms with Gasteiger partial charge in [-0.15, -0.1) is 0 Å². The molecule has 10 aromatic carbocycles. The molecule has 0 atom stereocenters. The molecular formula is C68H42N4O2. The number of hydrogen-bond acceptors (Lipinski definition) is 6. The second-order valence-electron chi connectivity index (χ2n) is 18.6. The molecule has 6 nitrogen and oxygen atoms in total. The summed E-state index contributed by atoms with van der Waals surface area (Å²) >= 11 is 0. The van der Waals surface area contributed by atoms with Gasteiger partial charge in [0.1, 0.15) is 33.6 Å². The summed E-state index contributed by atoms with van der Waals surface area (Å²) in [6.45, 7) is 0. The van der Waals surface area contributed by atoms with Crippen molar-refractivity contribution in [2.45, 2.75) is 0 Å². The first kappa shape index (κ1) is 42.8. The summed E-state index contributed by atoms with van der Waals surface area (Å²) in [5.41, 5.74) is 20.8. The molecule has 6 heteroatoms. The van der Waals surface area contributed by atoms with Gasteiger partial charge in [-0.1, -0.05) is 194 Å². The largest absolute Gasteiger partial charge is 0.452 e. The minimum Gasteiger partial charge on any atom is -0.452 e. The Morgan fingerprint density at radius 2 is 0.486 bits per heavy atom. The van der Waals surface area contributed by atoms with E-state index in [-0.39, 0.29) is 0 Å². The number of rotatable bonds is 9. The number of fused-ring (bicyclic) bond motifs is 6. The van der Waals surface area contributed by atoms with Crippen molar-refractivity contribution in [2.24, 2.45) is 0 Å². The van der Waals surface area contributed by atoms with Crippen molar-refractivity contribution in [3.8, 4) is 101 Å². The molecule has 0 amide bonds.